The summed E-state index contributed by atoms with van der Waals surface area (Å²) in [6.45, 7) is 2.20. The summed E-state index contributed by atoms with van der Waals surface area (Å²) >= 11 is 0. The van der Waals surface area contributed by atoms with Gasteiger partial charge in [0.15, 0.2) is 0 Å². The molecule has 0 radical (unpaired) electrons. The summed E-state index contributed by atoms with van der Waals surface area (Å²) in [7, 11) is -3.03. The molecule has 0 saturated heterocycles. The van der Waals surface area contributed by atoms with Crippen molar-refractivity contribution in [1.29, 1.82) is 0 Å². The van der Waals surface area contributed by atoms with Crippen LogP contribution in [0.1, 0.15) is 71.1 Å². The molecule has 0 fully saturated rings. The van der Waals surface area contributed by atoms with Crippen molar-refractivity contribution < 1.29 is 17.4 Å². The van der Waals surface area contributed by atoms with Gasteiger partial charge >= 0.3 is 17.0 Å². The summed E-state index contributed by atoms with van der Waals surface area (Å²) in [5, 5.41) is 0. The Labute approximate surface area is 106 Å². The fraction of sp³-hybridized carbons (Fsp3) is 0.917. The molecule has 0 aromatic carbocycles. The van der Waals surface area contributed by atoms with Gasteiger partial charge in [0.1, 0.15) is 0 Å². The maximum absolute atomic E-state index is 10.9. The molecule has 0 spiro atoms. The van der Waals surface area contributed by atoms with Crippen LogP contribution in [0.15, 0.2) is 0 Å². The first-order valence-corrected chi connectivity index (χ1v) is 7.61. The van der Waals surface area contributed by atoms with Crippen LogP contribution in [0.2, 0.25) is 0 Å². The summed E-state index contributed by atoms with van der Waals surface area (Å²) in [6, 6.07) is 0. The first-order valence-electron chi connectivity index (χ1n) is 6.52. The summed E-state index contributed by atoms with van der Waals surface area (Å²) in [5.41, 5.74) is 0. The van der Waals surface area contributed by atoms with Crippen LogP contribution in [0.25, 0.3) is 0 Å². The van der Waals surface area contributed by atoms with E-state index in [4.69, 9.17) is 0 Å². The highest BCUT2D eigenvalue weighted by atomic mass is 32.2. The summed E-state index contributed by atoms with van der Waals surface area (Å²) < 4.78 is 24.2. The van der Waals surface area contributed by atoms with Gasteiger partial charge in [-0.25, -0.2) is 0 Å². The highest BCUT2D eigenvalue weighted by Gasteiger charge is 2.02. The van der Waals surface area contributed by atoms with Crippen molar-refractivity contribution in [3.8, 4) is 0 Å². The van der Waals surface area contributed by atoms with Gasteiger partial charge < -0.3 is 4.18 Å². The number of carbonyl (C=O) groups is 1. The minimum absolute atomic E-state index is 0.207. The van der Waals surface area contributed by atoms with E-state index in [2.05, 4.69) is 11.1 Å². The lowest BCUT2D eigenvalue weighted by atomic mass is 10.1. The smallest absolute Gasteiger partial charge is 0.321 e. The van der Waals surface area contributed by atoms with Gasteiger partial charge in [-0.05, 0) is 6.42 Å². The molecule has 102 valence electrons. The normalized spacial score (nSPS) is 10.7. The third-order valence-corrected chi connectivity index (χ3v) is 3.01. The fourth-order valence-corrected chi connectivity index (χ4v) is 1.97. The molecule has 0 heterocycles. The van der Waals surface area contributed by atoms with E-state index in [9.17, 15) is 13.2 Å². The van der Waals surface area contributed by atoms with E-state index in [0.717, 1.165) is 19.3 Å². The molecular formula is C12H24O4S. The zero-order chi connectivity index (χ0) is 12.9. The molecule has 0 aliphatic heterocycles. The van der Waals surface area contributed by atoms with Gasteiger partial charge in [0.2, 0.25) is 0 Å². The van der Waals surface area contributed by atoms with Crippen molar-refractivity contribution in [2.75, 3.05) is 0 Å². The quantitative estimate of drug-likeness (QED) is 0.460. The molecule has 0 rings (SSSR count). The SMILES string of the molecule is CCCCCCCCCCCC(=O)O[SH](=O)=O. The standard InChI is InChI=1S/C12H24O4S/c1-2-3-4-5-6-7-8-9-10-11-12(13)16-17(14)15/h17H,2-11H2,1H3. The Morgan fingerprint density at radius 3 is 1.82 bits per heavy atom. The van der Waals surface area contributed by atoms with E-state index in [1.54, 1.807) is 0 Å². The van der Waals surface area contributed by atoms with Crippen LogP contribution in [0.3, 0.4) is 0 Å². The molecule has 5 heteroatoms. The van der Waals surface area contributed by atoms with Crippen molar-refractivity contribution in [2.45, 2.75) is 71.1 Å². The Balaban J connectivity index is 3.15. The third-order valence-electron chi connectivity index (χ3n) is 2.66. The predicted octanol–water partition coefficient (Wildman–Crippen LogP) is 2.98. The molecule has 0 bridgehead atoms. The Kier molecular flexibility index (Phi) is 11.5. The van der Waals surface area contributed by atoms with Crippen molar-refractivity contribution in [3.05, 3.63) is 0 Å². The first-order chi connectivity index (χ1) is 8.16. The minimum atomic E-state index is -3.03. The highest BCUT2D eigenvalue weighted by molar-refractivity contribution is 7.67. The molecule has 0 saturated carbocycles. The average Bonchev–Trinajstić information content (AvgIpc) is 2.26. The molecule has 0 N–H and O–H groups in total. The predicted molar refractivity (Wildman–Crippen MR) is 68.3 cm³/mol. The Hall–Kier alpha value is -0.580. The molecule has 0 atom stereocenters. The monoisotopic (exact) mass is 264 g/mol. The van der Waals surface area contributed by atoms with Gasteiger partial charge in [-0.3, -0.25) is 4.79 Å². The Morgan fingerprint density at radius 1 is 0.882 bits per heavy atom. The summed E-state index contributed by atoms with van der Waals surface area (Å²) in [5.74, 6) is -0.635. The van der Waals surface area contributed by atoms with Crippen LogP contribution in [0.5, 0.6) is 0 Å². The van der Waals surface area contributed by atoms with Gasteiger partial charge in [-0.2, -0.15) is 8.42 Å². The average molecular weight is 264 g/mol. The summed E-state index contributed by atoms with van der Waals surface area (Å²) in [6.07, 6.45) is 10.7. The van der Waals surface area contributed by atoms with Gasteiger partial charge in [0, 0.05) is 6.42 Å². The molecule has 4 nitrogen and oxygen atoms in total. The molecular weight excluding hydrogens is 240 g/mol. The number of rotatable bonds is 11. The lowest BCUT2D eigenvalue weighted by Gasteiger charge is -2.01. The van der Waals surface area contributed by atoms with E-state index in [-0.39, 0.29) is 6.42 Å². The second-order valence-corrected chi connectivity index (χ2v) is 4.90. The van der Waals surface area contributed by atoms with E-state index in [1.165, 1.54) is 38.5 Å². The molecule has 17 heavy (non-hydrogen) atoms. The molecule has 0 aliphatic rings. The molecule has 0 aliphatic carbocycles. The molecule has 0 unspecified atom stereocenters. The van der Waals surface area contributed by atoms with Crippen molar-refractivity contribution in [2.24, 2.45) is 0 Å². The maximum Gasteiger partial charge on any atom is 0.321 e. The van der Waals surface area contributed by atoms with Crippen LogP contribution in [-0.4, -0.2) is 14.4 Å². The molecule has 0 amide bonds. The van der Waals surface area contributed by atoms with Crippen LogP contribution in [0.4, 0.5) is 0 Å². The number of hydrogen-bond donors (Lipinski definition) is 1. The number of carbonyl (C=O) groups excluding carboxylic acids is 1. The third kappa shape index (κ3) is 13.4. The largest absolute Gasteiger partial charge is 0.348 e. The zero-order valence-corrected chi connectivity index (χ0v) is 11.5. The minimum Gasteiger partial charge on any atom is -0.348 e. The van der Waals surface area contributed by atoms with E-state index in [1.807, 2.05) is 0 Å². The van der Waals surface area contributed by atoms with Crippen LogP contribution < -0.4 is 0 Å². The Bertz CT molecular complexity index is 253. The number of thiol groups is 1. The topological polar surface area (TPSA) is 60.4 Å². The van der Waals surface area contributed by atoms with Crippen molar-refractivity contribution in [3.63, 3.8) is 0 Å². The van der Waals surface area contributed by atoms with Crippen LogP contribution in [0, 0.1) is 0 Å². The highest BCUT2D eigenvalue weighted by Crippen LogP contribution is 2.10. The van der Waals surface area contributed by atoms with E-state index in [0.29, 0.717) is 0 Å². The fourth-order valence-electron chi connectivity index (χ4n) is 1.71. The lowest BCUT2D eigenvalue weighted by molar-refractivity contribution is -0.133. The maximum atomic E-state index is 10.9. The number of hydrogen-bond acceptors (Lipinski definition) is 4. The lowest BCUT2D eigenvalue weighted by Crippen LogP contribution is -2.02. The van der Waals surface area contributed by atoms with Crippen LogP contribution in [-0.2, 0) is 20.0 Å². The van der Waals surface area contributed by atoms with Gasteiger partial charge in [0.05, 0.1) is 0 Å². The zero-order valence-electron chi connectivity index (χ0n) is 10.7. The Morgan fingerprint density at radius 2 is 1.35 bits per heavy atom. The first kappa shape index (κ1) is 16.4. The molecule has 0 aromatic heterocycles. The van der Waals surface area contributed by atoms with Gasteiger partial charge in [-0.1, -0.05) is 58.3 Å². The van der Waals surface area contributed by atoms with Crippen molar-refractivity contribution >= 4 is 17.0 Å². The second kappa shape index (κ2) is 11.9. The number of unbranched alkanes of at least 4 members (excludes halogenated alkanes) is 8. The van der Waals surface area contributed by atoms with Gasteiger partial charge in [0.25, 0.3) is 0 Å². The summed E-state index contributed by atoms with van der Waals surface area (Å²) in [4.78, 5) is 10.9. The molecule has 0 aromatic rings. The van der Waals surface area contributed by atoms with Crippen molar-refractivity contribution in [1.82, 2.24) is 0 Å². The van der Waals surface area contributed by atoms with E-state index >= 15 is 0 Å². The van der Waals surface area contributed by atoms with E-state index < -0.39 is 17.0 Å². The van der Waals surface area contributed by atoms with Crippen LogP contribution >= 0.6 is 0 Å². The van der Waals surface area contributed by atoms with Gasteiger partial charge in [-0.15, -0.1) is 0 Å². The second-order valence-electron chi connectivity index (χ2n) is 4.27.